The van der Waals surface area contributed by atoms with Gasteiger partial charge in [0.25, 0.3) is 0 Å². The van der Waals surface area contributed by atoms with Crippen LogP contribution in [0.5, 0.6) is 0 Å². The van der Waals surface area contributed by atoms with Crippen molar-refractivity contribution in [1.82, 2.24) is 4.90 Å². The fraction of sp³-hybridized carbons (Fsp3) is 0.357. The van der Waals surface area contributed by atoms with Crippen molar-refractivity contribution in [3.63, 3.8) is 0 Å². The van der Waals surface area contributed by atoms with Gasteiger partial charge in [-0.2, -0.15) is 0 Å². The van der Waals surface area contributed by atoms with Crippen LogP contribution in [0.2, 0.25) is 0 Å². The Morgan fingerprint density at radius 1 is 1.41 bits per heavy atom. The fourth-order valence-corrected chi connectivity index (χ4v) is 1.72. The Morgan fingerprint density at radius 2 is 2.05 bits per heavy atom. The molecule has 0 heterocycles. The second kappa shape index (κ2) is 7.39. The number of anilines is 1. The van der Waals surface area contributed by atoms with Gasteiger partial charge in [0, 0.05) is 13.6 Å². The topological polar surface area (TPSA) is 95.9 Å². The molecule has 1 aromatic rings. The zero-order valence-electron chi connectivity index (χ0n) is 12.4. The van der Waals surface area contributed by atoms with Gasteiger partial charge in [-0.15, -0.1) is 0 Å². The lowest BCUT2D eigenvalue weighted by molar-refractivity contribution is -0.141. The highest BCUT2D eigenvalue weighted by molar-refractivity contribution is 6.01. The second-order valence-electron chi connectivity index (χ2n) is 4.70. The molecule has 1 rings (SSSR count). The number of nitrogens with zero attached hydrogens (tertiary/aromatic N) is 1. The van der Waals surface area contributed by atoms with Crippen LogP contribution in [0.3, 0.4) is 0 Å². The molecule has 0 aliphatic rings. The molecule has 8 heteroatoms. The van der Waals surface area contributed by atoms with Crippen LogP contribution in [-0.4, -0.2) is 48.7 Å². The molecule has 120 valence electrons. The summed E-state index contributed by atoms with van der Waals surface area (Å²) in [5.74, 6) is -3.55. The number of carboxylic acid groups (broad SMARTS) is 1. The molecular weight excluding hydrogens is 295 g/mol. The van der Waals surface area contributed by atoms with Gasteiger partial charge >= 0.3 is 18.0 Å². The van der Waals surface area contributed by atoms with E-state index >= 15 is 0 Å². The third-order valence-electron chi connectivity index (χ3n) is 2.96. The number of carbonyl (C=O) groups is 3. The molecule has 22 heavy (non-hydrogen) atoms. The first-order valence-electron chi connectivity index (χ1n) is 6.39. The summed E-state index contributed by atoms with van der Waals surface area (Å²) in [6, 6.07) is 3.08. The van der Waals surface area contributed by atoms with Crippen LogP contribution >= 0.6 is 0 Å². The molecular formula is C14H17FN2O5. The Morgan fingerprint density at radius 3 is 2.59 bits per heavy atom. The summed E-state index contributed by atoms with van der Waals surface area (Å²) >= 11 is 0. The average molecular weight is 312 g/mol. The number of halogens is 1. The molecule has 0 radical (unpaired) electrons. The zero-order valence-corrected chi connectivity index (χ0v) is 12.4. The molecule has 1 aromatic carbocycles. The van der Waals surface area contributed by atoms with Gasteiger partial charge in [-0.1, -0.05) is 13.0 Å². The molecule has 0 saturated heterocycles. The SMILES string of the molecule is COC(=O)c1c(F)cccc1NC(=O)N(C)CC(C)C(=O)O. The number of amides is 2. The van der Waals surface area contributed by atoms with E-state index in [2.05, 4.69) is 10.1 Å². The van der Waals surface area contributed by atoms with Crippen molar-refractivity contribution in [2.45, 2.75) is 6.92 Å². The minimum Gasteiger partial charge on any atom is -0.481 e. The molecule has 1 unspecified atom stereocenters. The van der Waals surface area contributed by atoms with Crippen LogP contribution in [0.1, 0.15) is 17.3 Å². The van der Waals surface area contributed by atoms with Crippen LogP contribution in [0.25, 0.3) is 0 Å². The lowest BCUT2D eigenvalue weighted by atomic mass is 10.1. The van der Waals surface area contributed by atoms with Gasteiger partial charge in [-0.3, -0.25) is 4.79 Å². The summed E-state index contributed by atoms with van der Waals surface area (Å²) in [4.78, 5) is 35.5. The zero-order chi connectivity index (χ0) is 16.9. The Balaban J connectivity index is 2.91. The second-order valence-corrected chi connectivity index (χ2v) is 4.70. The van der Waals surface area contributed by atoms with E-state index in [9.17, 15) is 18.8 Å². The standard InChI is InChI=1S/C14H17FN2O5/c1-8(12(18)19)7-17(2)14(21)16-10-6-4-5-9(15)11(10)13(20)22-3/h4-6,8H,7H2,1-3H3,(H,16,21)(H,18,19). The molecule has 0 aliphatic carbocycles. The maximum Gasteiger partial charge on any atom is 0.342 e. The third kappa shape index (κ3) is 4.18. The Bertz CT molecular complexity index is 591. The fourth-order valence-electron chi connectivity index (χ4n) is 1.72. The number of hydrogen-bond donors (Lipinski definition) is 2. The van der Waals surface area contributed by atoms with E-state index in [0.29, 0.717) is 0 Å². The monoisotopic (exact) mass is 312 g/mol. The van der Waals surface area contributed by atoms with Gasteiger partial charge in [0.15, 0.2) is 0 Å². The minimum atomic E-state index is -1.04. The number of nitrogens with one attached hydrogen (secondary N) is 1. The van der Waals surface area contributed by atoms with Crippen molar-refractivity contribution in [3.05, 3.63) is 29.6 Å². The number of carboxylic acids is 1. The highest BCUT2D eigenvalue weighted by Crippen LogP contribution is 2.20. The number of ether oxygens (including phenoxy) is 1. The van der Waals surface area contributed by atoms with Gasteiger partial charge in [0.2, 0.25) is 0 Å². The first kappa shape index (κ1) is 17.4. The Labute approximate surface area is 126 Å². The predicted molar refractivity (Wildman–Crippen MR) is 76.2 cm³/mol. The van der Waals surface area contributed by atoms with Gasteiger partial charge in [0.1, 0.15) is 11.4 Å². The summed E-state index contributed by atoms with van der Waals surface area (Å²) in [5.41, 5.74) is -0.440. The summed E-state index contributed by atoms with van der Waals surface area (Å²) < 4.78 is 18.2. The summed E-state index contributed by atoms with van der Waals surface area (Å²) in [5, 5.41) is 11.2. The molecule has 0 spiro atoms. The number of hydrogen-bond acceptors (Lipinski definition) is 4. The quantitative estimate of drug-likeness (QED) is 0.808. The number of aliphatic carboxylic acids is 1. The van der Waals surface area contributed by atoms with E-state index in [1.165, 1.54) is 26.1 Å². The largest absolute Gasteiger partial charge is 0.481 e. The van der Waals surface area contributed by atoms with Crippen molar-refractivity contribution >= 4 is 23.7 Å². The minimum absolute atomic E-state index is 0.0377. The normalized spacial score (nSPS) is 11.5. The summed E-state index contributed by atoms with van der Waals surface area (Å²) in [7, 11) is 2.49. The van der Waals surface area contributed by atoms with E-state index in [1.54, 1.807) is 0 Å². The molecule has 0 fully saturated rings. The molecule has 0 bridgehead atoms. The molecule has 1 atom stereocenters. The molecule has 7 nitrogen and oxygen atoms in total. The highest BCUT2D eigenvalue weighted by Gasteiger charge is 2.21. The van der Waals surface area contributed by atoms with E-state index < -0.39 is 35.3 Å². The summed E-state index contributed by atoms with van der Waals surface area (Å²) in [6.45, 7) is 1.41. The van der Waals surface area contributed by atoms with Crippen molar-refractivity contribution in [2.24, 2.45) is 5.92 Å². The van der Waals surface area contributed by atoms with E-state index in [1.807, 2.05) is 0 Å². The van der Waals surface area contributed by atoms with E-state index in [-0.39, 0.29) is 12.2 Å². The summed E-state index contributed by atoms with van der Waals surface area (Å²) in [6.07, 6.45) is 0. The molecule has 0 aliphatic heterocycles. The van der Waals surface area contributed by atoms with Crippen molar-refractivity contribution in [1.29, 1.82) is 0 Å². The molecule has 0 saturated carbocycles. The average Bonchev–Trinajstić information content (AvgIpc) is 2.46. The number of urea groups is 1. The van der Waals surface area contributed by atoms with Crippen molar-refractivity contribution < 1.29 is 28.6 Å². The molecule has 2 N–H and O–H groups in total. The highest BCUT2D eigenvalue weighted by atomic mass is 19.1. The number of esters is 1. The van der Waals surface area contributed by atoms with Crippen LogP contribution in [0.15, 0.2) is 18.2 Å². The van der Waals surface area contributed by atoms with Crippen LogP contribution in [0, 0.1) is 11.7 Å². The maximum absolute atomic E-state index is 13.7. The number of carbonyl (C=O) groups excluding carboxylic acids is 2. The molecule has 2 amide bonds. The lowest BCUT2D eigenvalue weighted by Gasteiger charge is -2.20. The van der Waals surface area contributed by atoms with Gasteiger partial charge < -0.3 is 20.1 Å². The van der Waals surface area contributed by atoms with Crippen molar-refractivity contribution in [2.75, 3.05) is 26.0 Å². The first-order chi connectivity index (χ1) is 10.3. The van der Waals surface area contributed by atoms with Crippen molar-refractivity contribution in [3.8, 4) is 0 Å². The van der Waals surface area contributed by atoms with Crippen LogP contribution < -0.4 is 5.32 Å². The van der Waals surface area contributed by atoms with E-state index in [4.69, 9.17) is 5.11 Å². The Hall–Kier alpha value is -2.64. The number of benzene rings is 1. The smallest absolute Gasteiger partial charge is 0.342 e. The van der Waals surface area contributed by atoms with Gasteiger partial charge in [-0.05, 0) is 12.1 Å². The van der Waals surface area contributed by atoms with Gasteiger partial charge in [-0.25, -0.2) is 14.0 Å². The Kier molecular flexibility index (Phi) is 5.85. The predicted octanol–water partition coefficient (Wildman–Crippen LogP) is 1.80. The van der Waals surface area contributed by atoms with Crippen LogP contribution in [0.4, 0.5) is 14.9 Å². The number of methoxy groups -OCH3 is 1. The number of rotatable bonds is 5. The molecule has 0 aromatic heterocycles. The third-order valence-corrected chi connectivity index (χ3v) is 2.96. The van der Waals surface area contributed by atoms with Crippen LogP contribution in [-0.2, 0) is 9.53 Å². The lowest BCUT2D eigenvalue weighted by Crippen LogP contribution is -2.37. The van der Waals surface area contributed by atoms with Gasteiger partial charge in [0.05, 0.1) is 18.7 Å². The first-order valence-corrected chi connectivity index (χ1v) is 6.39. The maximum atomic E-state index is 13.7. The van der Waals surface area contributed by atoms with E-state index in [0.717, 1.165) is 18.1 Å².